The van der Waals surface area contributed by atoms with Gasteiger partial charge in [0.25, 0.3) is 0 Å². The van der Waals surface area contributed by atoms with Crippen LogP contribution in [-0.2, 0) is 4.74 Å². The van der Waals surface area contributed by atoms with Crippen molar-refractivity contribution in [3.05, 3.63) is 6.92 Å². The van der Waals surface area contributed by atoms with Crippen molar-refractivity contribution in [2.24, 2.45) is 0 Å². The molecule has 1 heterocycles. The van der Waals surface area contributed by atoms with Gasteiger partial charge in [-0.1, -0.05) is 22.6 Å². The Morgan fingerprint density at radius 1 is 1.50 bits per heavy atom. The van der Waals surface area contributed by atoms with Crippen molar-refractivity contribution < 1.29 is 20.1 Å². The van der Waals surface area contributed by atoms with Gasteiger partial charge in [-0.2, -0.15) is 0 Å². The zero-order valence-corrected chi connectivity index (χ0v) is 8.51. The normalized spacial score (nSPS) is 48.2. The molecule has 1 aliphatic rings. The smallest absolute Gasteiger partial charge is 0.124 e. The minimum absolute atomic E-state index is 0.502. The predicted molar refractivity (Wildman–Crippen MR) is 49.9 cm³/mol. The fourth-order valence-corrected chi connectivity index (χ4v) is 1.87. The van der Waals surface area contributed by atoms with Crippen LogP contribution in [0.4, 0.5) is 0 Å². The van der Waals surface area contributed by atoms with Crippen LogP contribution < -0.4 is 0 Å². The lowest BCUT2D eigenvalue weighted by Gasteiger charge is -2.24. The van der Waals surface area contributed by atoms with E-state index < -0.39 is 30.5 Å². The summed E-state index contributed by atoms with van der Waals surface area (Å²) >= 11 is 2.01. The lowest BCUT2D eigenvalue weighted by molar-refractivity contribution is -0.0753. The molecule has 0 aromatic rings. The average molecular weight is 286 g/mol. The van der Waals surface area contributed by atoms with Crippen LogP contribution in [-0.4, -0.2) is 50.3 Å². The Kier molecular flexibility index (Phi) is 3.33. The SMILES string of the molecule is [CH]C1(CO)O[C@H](CI)[C@H](O)C1O. The van der Waals surface area contributed by atoms with E-state index >= 15 is 0 Å². The second kappa shape index (κ2) is 3.75. The molecular formula is C7H11IO4. The summed E-state index contributed by atoms with van der Waals surface area (Å²) in [6.45, 7) is 4.97. The summed E-state index contributed by atoms with van der Waals surface area (Å²) < 4.78 is 5.61. The molecular weight excluding hydrogens is 275 g/mol. The third-order valence-electron chi connectivity index (χ3n) is 1.98. The zero-order chi connectivity index (χ0) is 9.35. The summed E-state index contributed by atoms with van der Waals surface area (Å²) in [5.41, 5.74) is -1.50. The van der Waals surface area contributed by atoms with Crippen LogP contribution in [0.1, 0.15) is 0 Å². The largest absolute Gasteiger partial charge is 0.393 e. The standard InChI is InChI=1S/C7H11IO4/c1-7(3-9)6(11)5(10)4(2-8)12-7/h1,4-6,9-11H,2-3H2/t4-,5+,6?,7?/m1/s1. The van der Waals surface area contributed by atoms with E-state index in [1.165, 1.54) is 0 Å². The Bertz CT molecular complexity index is 165. The Labute approximate surface area is 84.7 Å². The van der Waals surface area contributed by atoms with Crippen LogP contribution >= 0.6 is 22.6 Å². The lowest BCUT2D eigenvalue weighted by Crippen LogP contribution is -2.43. The third-order valence-corrected chi connectivity index (χ3v) is 2.84. The van der Waals surface area contributed by atoms with Crippen molar-refractivity contribution >= 4 is 22.6 Å². The van der Waals surface area contributed by atoms with Crippen LogP contribution in [0.2, 0.25) is 0 Å². The van der Waals surface area contributed by atoms with Gasteiger partial charge in [0, 0.05) is 11.4 Å². The molecule has 1 fully saturated rings. The van der Waals surface area contributed by atoms with Gasteiger partial charge in [0.1, 0.15) is 17.8 Å². The van der Waals surface area contributed by atoms with Crippen LogP contribution in [0.3, 0.4) is 0 Å². The molecule has 5 heteroatoms. The highest BCUT2D eigenvalue weighted by Gasteiger charge is 2.50. The number of ether oxygens (including phenoxy) is 1. The van der Waals surface area contributed by atoms with E-state index in [2.05, 4.69) is 0 Å². The van der Waals surface area contributed by atoms with Crippen molar-refractivity contribution in [2.45, 2.75) is 23.9 Å². The fraction of sp³-hybridized carbons (Fsp3) is 0.857. The summed E-state index contributed by atoms with van der Waals surface area (Å²) in [5, 5.41) is 27.5. The summed E-state index contributed by atoms with van der Waals surface area (Å²) in [6.07, 6.45) is -2.74. The zero-order valence-electron chi connectivity index (χ0n) is 6.35. The maximum Gasteiger partial charge on any atom is 0.124 e. The highest BCUT2D eigenvalue weighted by molar-refractivity contribution is 14.1. The molecule has 0 aliphatic carbocycles. The number of halogens is 1. The van der Waals surface area contributed by atoms with Gasteiger partial charge in [-0.15, -0.1) is 0 Å². The maximum absolute atomic E-state index is 9.35. The van der Waals surface area contributed by atoms with Crippen LogP contribution in [0.25, 0.3) is 0 Å². The van der Waals surface area contributed by atoms with Crippen molar-refractivity contribution in [1.82, 2.24) is 0 Å². The van der Waals surface area contributed by atoms with Gasteiger partial charge in [0.2, 0.25) is 0 Å². The van der Waals surface area contributed by atoms with Crippen LogP contribution in [0.5, 0.6) is 0 Å². The molecule has 2 radical (unpaired) electrons. The predicted octanol–water partition coefficient (Wildman–Crippen LogP) is -1.02. The highest BCUT2D eigenvalue weighted by Crippen LogP contribution is 2.31. The first-order chi connectivity index (χ1) is 5.55. The molecule has 4 atom stereocenters. The highest BCUT2D eigenvalue weighted by atomic mass is 127. The molecule has 0 amide bonds. The van der Waals surface area contributed by atoms with E-state index in [-0.39, 0.29) is 0 Å². The molecule has 0 spiro atoms. The molecule has 0 aromatic carbocycles. The Hall–Kier alpha value is 0.570. The van der Waals surface area contributed by atoms with Crippen molar-refractivity contribution in [2.75, 3.05) is 11.0 Å². The number of hydrogen-bond donors (Lipinski definition) is 3. The molecule has 1 saturated heterocycles. The average Bonchev–Trinajstić information content (AvgIpc) is 2.31. The monoisotopic (exact) mass is 286 g/mol. The first-order valence-electron chi connectivity index (χ1n) is 3.55. The van der Waals surface area contributed by atoms with E-state index in [1.54, 1.807) is 0 Å². The van der Waals surface area contributed by atoms with E-state index in [9.17, 15) is 10.2 Å². The van der Waals surface area contributed by atoms with Gasteiger partial charge in [-0.3, -0.25) is 0 Å². The molecule has 3 N–H and O–H groups in total. The minimum atomic E-state index is -1.50. The first kappa shape index (κ1) is 10.6. The Morgan fingerprint density at radius 2 is 2.08 bits per heavy atom. The van der Waals surface area contributed by atoms with Gasteiger partial charge in [-0.05, 0) is 0 Å². The molecule has 1 rings (SSSR count). The van der Waals surface area contributed by atoms with Crippen molar-refractivity contribution in [3.8, 4) is 0 Å². The molecule has 70 valence electrons. The van der Waals surface area contributed by atoms with E-state index in [0.717, 1.165) is 0 Å². The second-order valence-corrected chi connectivity index (χ2v) is 3.74. The van der Waals surface area contributed by atoms with Gasteiger partial charge in [0.15, 0.2) is 0 Å². The molecule has 0 aromatic heterocycles. The minimum Gasteiger partial charge on any atom is -0.393 e. The van der Waals surface area contributed by atoms with E-state index in [4.69, 9.17) is 16.8 Å². The molecule has 4 nitrogen and oxygen atoms in total. The van der Waals surface area contributed by atoms with Gasteiger partial charge in [-0.25, -0.2) is 0 Å². The maximum atomic E-state index is 9.35. The summed E-state index contributed by atoms with van der Waals surface area (Å²) in [5.74, 6) is 0. The summed E-state index contributed by atoms with van der Waals surface area (Å²) in [6, 6.07) is 0. The van der Waals surface area contributed by atoms with Crippen LogP contribution in [0.15, 0.2) is 0 Å². The van der Waals surface area contributed by atoms with Crippen LogP contribution in [0, 0.1) is 6.92 Å². The molecule has 0 bridgehead atoms. The topological polar surface area (TPSA) is 69.9 Å². The second-order valence-electron chi connectivity index (χ2n) is 2.86. The quantitative estimate of drug-likeness (QED) is 0.449. The first-order valence-corrected chi connectivity index (χ1v) is 5.07. The fourth-order valence-electron chi connectivity index (χ4n) is 1.17. The van der Waals surface area contributed by atoms with Crippen molar-refractivity contribution in [1.29, 1.82) is 0 Å². The lowest BCUT2D eigenvalue weighted by atomic mass is 9.98. The third kappa shape index (κ3) is 1.60. The van der Waals surface area contributed by atoms with E-state index in [1.807, 2.05) is 22.6 Å². The number of alkyl halides is 1. The Morgan fingerprint density at radius 3 is 2.33 bits per heavy atom. The molecule has 1 aliphatic heterocycles. The van der Waals surface area contributed by atoms with Crippen molar-refractivity contribution in [3.63, 3.8) is 0 Å². The number of hydrogen-bond acceptors (Lipinski definition) is 4. The molecule has 12 heavy (non-hydrogen) atoms. The van der Waals surface area contributed by atoms with Gasteiger partial charge in [0.05, 0.1) is 12.7 Å². The number of aliphatic hydroxyl groups is 3. The van der Waals surface area contributed by atoms with E-state index in [0.29, 0.717) is 4.43 Å². The molecule has 0 saturated carbocycles. The number of rotatable bonds is 2. The van der Waals surface area contributed by atoms with Gasteiger partial charge < -0.3 is 20.1 Å². The van der Waals surface area contributed by atoms with Gasteiger partial charge >= 0.3 is 0 Å². The Balaban J connectivity index is 2.72. The summed E-state index contributed by atoms with van der Waals surface area (Å²) in [7, 11) is 0. The number of aliphatic hydroxyl groups excluding tert-OH is 3. The molecule has 2 unspecified atom stereocenters. The summed E-state index contributed by atoms with van der Waals surface area (Å²) in [4.78, 5) is 0.